The average Bonchev–Trinajstić information content (AvgIpc) is 3.29. The summed E-state index contributed by atoms with van der Waals surface area (Å²) in [6.07, 6.45) is 0. The van der Waals surface area contributed by atoms with Crippen LogP contribution in [0.2, 0.25) is 0 Å². The number of methoxy groups -OCH3 is 1. The lowest BCUT2D eigenvalue weighted by atomic mass is 9.84. The molecule has 1 fully saturated rings. The van der Waals surface area contributed by atoms with Crippen LogP contribution in [-0.2, 0) is 16.7 Å². The maximum absolute atomic E-state index is 13.4. The highest BCUT2D eigenvalue weighted by atomic mass is 79.9. The highest BCUT2D eigenvalue weighted by Crippen LogP contribution is 2.40. The van der Waals surface area contributed by atoms with E-state index in [-0.39, 0.29) is 17.7 Å². The number of rotatable bonds is 6. The minimum atomic E-state index is -0.211. The molecule has 2 aromatic carbocycles. The van der Waals surface area contributed by atoms with Gasteiger partial charge in [-0.05, 0) is 69.7 Å². The quantitative estimate of drug-likeness (QED) is 0.416. The molecule has 2 heterocycles. The molecule has 0 bridgehead atoms. The first-order valence-electron chi connectivity index (χ1n) is 11.7. The van der Waals surface area contributed by atoms with Crippen LogP contribution < -0.4 is 9.64 Å². The topological polar surface area (TPSA) is 82.4 Å². The molecule has 0 unspecified atom stereocenters. The first-order valence-corrected chi connectivity index (χ1v) is 12.5. The van der Waals surface area contributed by atoms with Gasteiger partial charge in [-0.15, -0.1) is 10.2 Å². The van der Waals surface area contributed by atoms with Crippen LogP contribution in [0.1, 0.15) is 47.8 Å². The number of morpholine rings is 1. The molecular formula is C26H32BrN5O3. The predicted molar refractivity (Wildman–Crippen MR) is 139 cm³/mol. The number of carbonyl (C=O) groups is 1. The van der Waals surface area contributed by atoms with E-state index in [0.717, 1.165) is 45.7 Å². The van der Waals surface area contributed by atoms with Gasteiger partial charge in [0.1, 0.15) is 12.3 Å². The Labute approximate surface area is 214 Å². The number of aryl methyl sites for hydroxylation is 1. The van der Waals surface area contributed by atoms with Crippen molar-refractivity contribution in [3.63, 3.8) is 0 Å². The molecule has 1 aliphatic heterocycles. The molecule has 35 heavy (non-hydrogen) atoms. The van der Waals surface area contributed by atoms with Crippen molar-refractivity contribution in [1.82, 2.24) is 20.2 Å². The fraction of sp³-hybridized carbons (Fsp3) is 0.462. The predicted octanol–water partition coefficient (Wildman–Crippen LogP) is 4.75. The summed E-state index contributed by atoms with van der Waals surface area (Å²) in [7, 11) is 1.68. The number of Topliss-reactive ketones (excluding diaryl/α,β-unsaturated/α-hetero) is 1. The van der Waals surface area contributed by atoms with E-state index in [1.54, 1.807) is 7.11 Å². The molecule has 9 heteroatoms. The van der Waals surface area contributed by atoms with E-state index in [9.17, 15) is 4.79 Å². The summed E-state index contributed by atoms with van der Waals surface area (Å²) in [4.78, 5) is 17.0. The molecule has 0 N–H and O–H groups in total. The largest absolute Gasteiger partial charge is 0.494 e. The molecule has 0 radical (unpaired) electrons. The fourth-order valence-corrected chi connectivity index (χ4v) is 4.80. The number of aromatic nitrogens is 4. The molecule has 0 amide bonds. The zero-order chi connectivity index (χ0) is 25.3. The molecule has 1 aliphatic rings. The van der Waals surface area contributed by atoms with Crippen molar-refractivity contribution in [2.24, 2.45) is 0 Å². The van der Waals surface area contributed by atoms with Gasteiger partial charge in [-0.1, -0.05) is 26.8 Å². The van der Waals surface area contributed by atoms with Crippen molar-refractivity contribution in [3.05, 3.63) is 51.0 Å². The Bertz CT molecular complexity index is 1240. The van der Waals surface area contributed by atoms with Gasteiger partial charge in [0.2, 0.25) is 5.82 Å². The number of tetrazole rings is 1. The normalized spacial score (nSPS) is 14.3. The van der Waals surface area contributed by atoms with Crippen LogP contribution in [0.4, 0.5) is 5.69 Å². The highest BCUT2D eigenvalue weighted by Gasteiger charge is 2.27. The second-order valence-corrected chi connectivity index (χ2v) is 10.7. The SMILES string of the molecule is COc1c(N2CCOCC2)cc(C(=O)Cn2nnc(-c3ccc(C)c(C)c3Br)n2)cc1C(C)(C)C. The molecule has 0 aliphatic carbocycles. The van der Waals surface area contributed by atoms with Crippen molar-refractivity contribution < 1.29 is 14.3 Å². The number of carbonyl (C=O) groups excluding carboxylic acids is 1. The average molecular weight is 542 g/mol. The first kappa shape index (κ1) is 25.3. The molecule has 1 aromatic heterocycles. The van der Waals surface area contributed by atoms with Gasteiger partial charge in [0.25, 0.3) is 0 Å². The molecule has 3 aromatic rings. The smallest absolute Gasteiger partial charge is 0.206 e. The van der Waals surface area contributed by atoms with Crippen LogP contribution in [0.25, 0.3) is 11.4 Å². The van der Waals surface area contributed by atoms with Gasteiger partial charge in [0, 0.05) is 34.3 Å². The Morgan fingerprint density at radius 3 is 2.54 bits per heavy atom. The Morgan fingerprint density at radius 2 is 1.89 bits per heavy atom. The Morgan fingerprint density at radius 1 is 1.17 bits per heavy atom. The summed E-state index contributed by atoms with van der Waals surface area (Å²) in [5.41, 5.74) is 5.43. The summed E-state index contributed by atoms with van der Waals surface area (Å²) >= 11 is 3.64. The van der Waals surface area contributed by atoms with Crippen molar-refractivity contribution in [1.29, 1.82) is 0 Å². The molecule has 0 spiro atoms. The van der Waals surface area contributed by atoms with Crippen LogP contribution in [0.5, 0.6) is 5.75 Å². The van der Waals surface area contributed by atoms with Crippen LogP contribution in [0, 0.1) is 13.8 Å². The molecule has 4 rings (SSSR count). The molecule has 0 saturated carbocycles. The van der Waals surface area contributed by atoms with Gasteiger partial charge in [-0.25, -0.2) is 0 Å². The maximum atomic E-state index is 13.4. The van der Waals surface area contributed by atoms with Gasteiger partial charge in [-0.2, -0.15) is 4.80 Å². The van der Waals surface area contributed by atoms with E-state index in [2.05, 4.69) is 63.9 Å². The minimum absolute atomic E-state index is 0.00603. The van der Waals surface area contributed by atoms with Crippen LogP contribution >= 0.6 is 15.9 Å². The minimum Gasteiger partial charge on any atom is -0.494 e. The third-order valence-electron chi connectivity index (χ3n) is 6.39. The van der Waals surface area contributed by atoms with Gasteiger partial charge in [-0.3, -0.25) is 4.79 Å². The Hall–Kier alpha value is -2.78. The van der Waals surface area contributed by atoms with Gasteiger partial charge >= 0.3 is 0 Å². The van der Waals surface area contributed by atoms with Crippen molar-refractivity contribution in [2.75, 3.05) is 38.3 Å². The number of benzene rings is 2. The van der Waals surface area contributed by atoms with Crippen LogP contribution in [0.3, 0.4) is 0 Å². The van der Waals surface area contributed by atoms with E-state index in [1.165, 1.54) is 10.4 Å². The molecule has 186 valence electrons. The molecule has 0 atom stereocenters. The van der Waals surface area contributed by atoms with Gasteiger partial charge in [0.05, 0.1) is 26.0 Å². The van der Waals surface area contributed by atoms with E-state index in [4.69, 9.17) is 9.47 Å². The second kappa shape index (κ2) is 10.1. The number of ether oxygens (including phenoxy) is 2. The van der Waals surface area contributed by atoms with E-state index < -0.39 is 0 Å². The fourth-order valence-electron chi connectivity index (χ4n) is 4.18. The number of halogens is 1. The lowest BCUT2D eigenvalue weighted by molar-refractivity contribution is 0.0961. The second-order valence-electron chi connectivity index (χ2n) is 9.86. The first-order chi connectivity index (χ1) is 16.6. The third kappa shape index (κ3) is 5.26. The summed E-state index contributed by atoms with van der Waals surface area (Å²) in [6, 6.07) is 7.84. The Balaban J connectivity index is 1.66. The maximum Gasteiger partial charge on any atom is 0.206 e. The monoisotopic (exact) mass is 541 g/mol. The molecular weight excluding hydrogens is 510 g/mol. The van der Waals surface area contributed by atoms with E-state index >= 15 is 0 Å². The van der Waals surface area contributed by atoms with Crippen molar-refractivity contribution >= 4 is 27.4 Å². The lowest BCUT2D eigenvalue weighted by Gasteiger charge is -2.33. The zero-order valence-corrected chi connectivity index (χ0v) is 22.8. The summed E-state index contributed by atoms with van der Waals surface area (Å²) < 4.78 is 12.3. The van der Waals surface area contributed by atoms with Gasteiger partial charge in [0.15, 0.2) is 5.78 Å². The van der Waals surface area contributed by atoms with Crippen molar-refractivity contribution in [3.8, 4) is 17.1 Å². The number of nitrogens with zero attached hydrogens (tertiary/aromatic N) is 5. The summed E-state index contributed by atoms with van der Waals surface area (Å²) in [5, 5.41) is 12.8. The Kier molecular flexibility index (Phi) is 7.28. The van der Waals surface area contributed by atoms with Crippen LogP contribution in [0.15, 0.2) is 28.7 Å². The number of hydrogen-bond acceptors (Lipinski definition) is 7. The summed E-state index contributed by atoms with van der Waals surface area (Å²) in [6.45, 7) is 13.2. The number of hydrogen-bond donors (Lipinski definition) is 0. The van der Waals surface area contributed by atoms with Crippen molar-refractivity contribution in [2.45, 2.75) is 46.6 Å². The van der Waals surface area contributed by atoms with E-state index in [1.807, 2.05) is 31.2 Å². The molecule has 8 nitrogen and oxygen atoms in total. The number of ketones is 1. The van der Waals surface area contributed by atoms with Gasteiger partial charge < -0.3 is 14.4 Å². The molecule has 1 saturated heterocycles. The highest BCUT2D eigenvalue weighted by molar-refractivity contribution is 9.10. The summed E-state index contributed by atoms with van der Waals surface area (Å²) in [5.74, 6) is 1.19. The lowest BCUT2D eigenvalue weighted by Crippen LogP contribution is -2.37. The van der Waals surface area contributed by atoms with Crippen LogP contribution in [-0.4, -0.2) is 59.4 Å². The number of anilines is 1. The van der Waals surface area contributed by atoms with E-state index in [0.29, 0.717) is 24.6 Å². The zero-order valence-electron chi connectivity index (χ0n) is 21.2. The standard InChI is InChI=1S/C26H32BrN5O3/c1-16-7-8-19(23(27)17(16)2)25-28-30-32(29-25)15-22(33)18-13-20(26(3,4)5)24(34-6)21(14-18)31-9-11-35-12-10-31/h7-8,13-14H,9-12,15H2,1-6H3. The third-order valence-corrected chi connectivity index (χ3v) is 7.41.